The molecule has 0 heterocycles. The molecule has 0 saturated carbocycles. The number of aryl methyl sites for hydroxylation is 1. The van der Waals surface area contributed by atoms with Crippen LogP contribution >= 0.6 is 0 Å². The van der Waals surface area contributed by atoms with Crippen molar-refractivity contribution in [2.75, 3.05) is 13.2 Å². The van der Waals surface area contributed by atoms with Crippen LogP contribution in [0.15, 0.2) is 18.2 Å². The average Bonchev–Trinajstić information content (AvgIpc) is 2.18. The highest BCUT2D eigenvalue weighted by Gasteiger charge is 1.99. The van der Waals surface area contributed by atoms with E-state index in [2.05, 4.69) is 13.8 Å². The maximum absolute atomic E-state index is 13.0. The van der Waals surface area contributed by atoms with Gasteiger partial charge in [-0.1, -0.05) is 26.0 Å². The first-order valence-corrected chi connectivity index (χ1v) is 5.42. The molecule has 2 heteroatoms. The number of rotatable bonds is 5. The molecule has 15 heavy (non-hydrogen) atoms. The van der Waals surface area contributed by atoms with E-state index in [-0.39, 0.29) is 5.82 Å². The third-order valence-electron chi connectivity index (χ3n) is 2.21. The first-order valence-electron chi connectivity index (χ1n) is 5.42. The zero-order chi connectivity index (χ0) is 11.3. The van der Waals surface area contributed by atoms with Crippen molar-refractivity contribution in [1.29, 1.82) is 0 Å². The molecular weight excluding hydrogens is 191 g/mol. The summed E-state index contributed by atoms with van der Waals surface area (Å²) in [6.45, 7) is 7.54. The molecule has 0 atom stereocenters. The molecule has 0 aliphatic rings. The molecule has 0 aromatic heterocycles. The van der Waals surface area contributed by atoms with Gasteiger partial charge in [0.25, 0.3) is 0 Å². The Balaban J connectivity index is 2.35. The lowest BCUT2D eigenvalue weighted by atomic mass is 10.1. The molecule has 0 N–H and O–H groups in total. The van der Waals surface area contributed by atoms with E-state index >= 15 is 0 Å². The minimum Gasteiger partial charge on any atom is -0.381 e. The monoisotopic (exact) mass is 210 g/mol. The Morgan fingerprint density at radius 3 is 2.67 bits per heavy atom. The Morgan fingerprint density at radius 2 is 2.07 bits per heavy atom. The van der Waals surface area contributed by atoms with Gasteiger partial charge < -0.3 is 4.74 Å². The van der Waals surface area contributed by atoms with E-state index < -0.39 is 0 Å². The number of halogens is 1. The maximum atomic E-state index is 13.0. The summed E-state index contributed by atoms with van der Waals surface area (Å²) in [5, 5.41) is 0. The Labute approximate surface area is 91.3 Å². The van der Waals surface area contributed by atoms with Crippen LogP contribution in [0.25, 0.3) is 0 Å². The molecule has 0 fully saturated rings. The fourth-order valence-electron chi connectivity index (χ4n) is 1.37. The van der Waals surface area contributed by atoms with Gasteiger partial charge >= 0.3 is 0 Å². The molecule has 1 nitrogen and oxygen atoms in total. The smallest absolute Gasteiger partial charge is 0.126 e. The van der Waals surface area contributed by atoms with E-state index in [1.807, 2.05) is 12.1 Å². The first-order chi connectivity index (χ1) is 7.09. The molecule has 0 amide bonds. The van der Waals surface area contributed by atoms with Crippen molar-refractivity contribution in [3.8, 4) is 0 Å². The number of hydrogen-bond acceptors (Lipinski definition) is 1. The highest BCUT2D eigenvalue weighted by Crippen LogP contribution is 2.09. The number of hydrogen-bond donors (Lipinski definition) is 0. The lowest BCUT2D eigenvalue weighted by Gasteiger charge is -2.07. The zero-order valence-electron chi connectivity index (χ0n) is 9.72. The van der Waals surface area contributed by atoms with Gasteiger partial charge in [0.2, 0.25) is 0 Å². The predicted octanol–water partition coefficient (Wildman–Crippen LogP) is 3.35. The summed E-state index contributed by atoms with van der Waals surface area (Å²) < 4.78 is 18.4. The molecule has 0 radical (unpaired) electrons. The summed E-state index contributed by atoms with van der Waals surface area (Å²) in [5.41, 5.74) is 1.84. The summed E-state index contributed by atoms with van der Waals surface area (Å²) in [7, 11) is 0. The molecule has 0 saturated heterocycles. The standard InChI is InChI=1S/C13H19FO/c1-10(2)9-15-7-6-12-4-5-13(14)11(3)8-12/h4-5,8,10H,6-7,9H2,1-3H3. The number of benzene rings is 1. The van der Waals surface area contributed by atoms with Crippen molar-refractivity contribution in [1.82, 2.24) is 0 Å². The van der Waals surface area contributed by atoms with Gasteiger partial charge in [0.15, 0.2) is 0 Å². The highest BCUT2D eigenvalue weighted by molar-refractivity contribution is 5.23. The van der Waals surface area contributed by atoms with E-state index in [1.165, 1.54) is 6.07 Å². The lowest BCUT2D eigenvalue weighted by molar-refractivity contribution is 0.112. The van der Waals surface area contributed by atoms with Gasteiger partial charge in [0.1, 0.15) is 5.82 Å². The molecule has 0 spiro atoms. The second kappa shape index (κ2) is 5.86. The van der Waals surface area contributed by atoms with Crippen molar-refractivity contribution in [2.24, 2.45) is 5.92 Å². The van der Waals surface area contributed by atoms with Crippen molar-refractivity contribution in [3.63, 3.8) is 0 Å². The third kappa shape index (κ3) is 4.43. The first kappa shape index (κ1) is 12.2. The summed E-state index contributed by atoms with van der Waals surface area (Å²) >= 11 is 0. The fraction of sp³-hybridized carbons (Fsp3) is 0.538. The van der Waals surface area contributed by atoms with Crippen LogP contribution in [0.3, 0.4) is 0 Å². The van der Waals surface area contributed by atoms with Crippen molar-refractivity contribution < 1.29 is 9.13 Å². The van der Waals surface area contributed by atoms with Crippen molar-refractivity contribution in [3.05, 3.63) is 35.1 Å². The zero-order valence-corrected chi connectivity index (χ0v) is 9.72. The quantitative estimate of drug-likeness (QED) is 0.677. The largest absolute Gasteiger partial charge is 0.381 e. The van der Waals surface area contributed by atoms with E-state index in [9.17, 15) is 4.39 Å². The van der Waals surface area contributed by atoms with Gasteiger partial charge in [0, 0.05) is 6.61 Å². The van der Waals surface area contributed by atoms with Gasteiger partial charge in [0.05, 0.1) is 6.61 Å². The third-order valence-corrected chi connectivity index (χ3v) is 2.21. The van der Waals surface area contributed by atoms with Crippen LogP contribution in [0.2, 0.25) is 0 Å². The van der Waals surface area contributed by atoms with Crippen LogP contribution in [0.4, 0.5) is 4.39 Å². The Bertz CT molecular complexity index is 307. The van der Waals surface area contributed by atoms with E-state index in [0.717, 1.165) is 18.6 Å². The van der Waals surface area contributed by atoms with Gasteiger partial charge in [-0.15, -0.1) is 0 Å². The van der Waals surface area contributed by atoms with Crippen molar-refractivity contribution in [2.45, 2.75) is 27.2 Å². The molecule has 0 aliphatic carbocycles. The van der Waals surface area contributed by atoms with Gasteiger partial charge in [-0.2, -0.15) is 0 Å². The Hall–Kier alpha value is -0.890. The maximum Gasteiger partial charge on any atom is 0.126 e. The molecule has 0 bridgehead atoms. The van der Waals surface area contributed by atoms with Crippen LogP contribution in [-0.4, -0.2) is 13.2 Å². The minimum absolute atomic E-state index is 0.137. The number of ether oxygens (including phenoxy) is 1. The summed E-state index contributed by atoms with van der Waals surface area (Å²) in [6, 6.07) is 5.22. The average molecular weight is 210 g/mol. The van der Waals surface area contributed by atoms with Gasteiger partial charge in [-0.05, 0) is 36.5 Å². The van der Waals surface area contributed by atoms with E-state index in [0.29, 0.717) is 18.1 Å². The molecule has 1 aromatic rings. The summed E-state index contributed by atoms with van der Waals surface area (Å²) in [5.74, 6) is 0.432. The topological polar surface area (TPSA) is 9.23 Å². The van der Waals surface area contributed by atoms with Gasteiger partial charge in [-0.3, -0.25) is 0 Å². The van der Waals surface area contributed by atoms with Gasteiger partial charge in [-0.25, -0.2) is 4.39 Å². The Morgan fingerprint density at radius 1 is 1.33 bits per heavy atom. The predicted molar refractivity (Wildman–Crippen MR) is 60.5 cm³/mol. The van der Waals surface area contributed by atoms with Crippen LogP contribution in [0.5, 0.6) is 0 Å². The molecule has 0 unspecified atom stereocenters. The summed E-state index contributed by atoms with van der Waals surface area (Å²) in [4.78, 5) is 0. The second-order valence-electron chi connectivity index (χ2n) is 4.30. The van der Waals surface area contributed by atoms with E-state index in [1.54, 1.807) is 6.92 Å². The highest BCUT2D eigenvalue weighted by atomic mass is 19.1. The lowest BCUT2D eigenvalue weighted by Crippen LogP contribution is -2.05. The fourth-order valence-corrected chi connectivity index (χ4v) is 1.37. The van der Waals surface area contributed by atoms with E-state index in [4.69, 9.17) is 4.74 Å². The second-order valence-corrected chi connectivity index (χ2v) is 4.30. The van der Waals surface area contributed by atoms with Crippen LogP contribution in [0, 0.1) is 18.7 Å². The van der Waals surface area contributed by atoms with Crippen LogP contribution < -0.4 is 0 Å². The van der Waals surface area contributed by atoms with Crippen LogP contribution in [-0.2, 0) is 11.2 Å². The molecule has 1 aromatic carbocycles. The Kier molecular flexibility index (Phi) is 4.76. The minimum atomic E-state index is -0.137. The molecular formula is C13H19FO. The SMILES string of the molecule is Cc1cc(CCOCC(C)C)ccc1F. The molecule has 1 rings (SSSR count). The normalized spacial score (nSPS) is 11.0. The van der Waals surface area contributed by atoms with Crippen LogP contribution in [0.1, 0.15) is 25.0 Å². The summed E-state index contributed by atoms with van der Waals surface area (Å²) in [6.07, 6.45) is 0.855. The molecule has 0 aliphatic heterocycles. The molecule has 84 valence electrons. The van der Waals surface area contributed by atoms with Crippen molar-refractivity contribution >= 4 is 0 Å².